The Kier molecular flexibility index (Phi) is 3.55. The molecule has 1 aliphatic rings. The summed E-state index contributed by atoms with van der Waals surface area (Å²) in [5, 5.41) is 2.68. The fourth-order valence-electron chi connectivity index (χ4n) is 2.45. The van der Waals surface area contributed by atoms with Crippen LogP contribution in [0.3, 0.4) is 0 Å². The number of nitrogens with one attached hydrogen (secondary N) is 1. The summed E-state index contributed by atoms with van der Waals surface area (Å²) in [6.45, 7) is 3.45. The molecule has 0 spiro atoms. The Bertz CT molecular complexity index is 770. The van der Waals surface area contributed by atoms with E-state index < -0.39 is 17.4 Å². The molecule has 0 aliphatic carbocycles. The summed E-state index contributed by atoms with van der Waals surface area (Å²) in [5.74, 6) is 1.14. The molecular weight excluding hydrogens is 298 g/mol. The zero-order valence-electron chi connectivity index (χ0n) is 13.1. The highest BCUT2D eigenvalue weighted by atomic mass is 16.5. The summed E-state index contributed by atoms with van der Waals surface area (Å²) >= 11 is 0. The first-order chi connectivity index (χ1) is 10.9. The van der Waals surface area contributed by atoms with E-state index >= 15 is 0 Å². The van der Waals surface area contributed by atoms with Crippen molar-refractivity contribution in [1.82, 2.24) is 10.3 Å². The molecular formula is C16H17N3O4. The van der Waals surface area contributed by atoms with E-state index in [-0.39, 0.29) is 6.54 Å². The molecule has 1 atom stereocenters. The zero-order valence-corrected chi connectivity index (χ0v) is 13.1. The highest BCUT2D eigenvalue weighted by molar-refractivity contribution is 6.15. The summed E-state index contributed by atoms with van der Waals surface area (Å²) in [7, 11) is 1.57. The van der Waals surface area contributed by atoms with E-state index in [1.165, 1.54) is 11.8 Å². The van der Waals surface area contributed by atoms with Gasteiger partial charge in [0, 0.05) is 13.2 Å². The molecule has 120 valence electrons. The van der Waals surface area contributed by atoms with Crippen LogP contribution in [0.5, 0.6) is 5.75 Å². The highest BCUT2D eigenvalue weighted by Gasteiger charge is 2.50. The van der Waals surface area contributed by atoms with Crippen molar-refractivity contribution >= 4 is 17.6 Å². The van der Waals surface area contributed by atoms with Crippen LogP contribution in [0.25, 0.3) is 0 Å². The van der Waals surface area contributed by atoms with Crippen LogP contribution in [0.15, 0.2) is 34.9 Å². The van der Waals surface area contributed by atoms with Gasteiger partial charge in [-0.3, -0.25) is 14.5 Å². The maximum Gasteiger partial charge on any atom is 0.281 e. The lowest BCUT2D eigenvalue weighted by Gasteiger charge is -2.36. The van der Waals surface area contributed by atoms with Crippen molar-refractivity contribution in [3.05, 3.63) is 42.0 Å². The van der Waals surface area contributed by atoms with Gasteiger partial charge in [-0.2, -0.15) is 0 Å². The fourth-order valence-corrected chi connectivity index (χ4v) is 2.45. The number of aromatic nitrogens is 1. The molecule has 0 fully saturated rings. The summed E-state index contributed by atoms with van der Waals surface area (Å²) in [4.78, 5) is 30.5. The van der Waals surface area contributed by atoms with Crippen LogP contribution in [0.4, 0.5) is 5.82 Å². The third-order valence-corrected chi connectivity index (χ3v) is 3.75. The largest absolute Gasteiger partial charge is 0.465 e. The van der Waals surface area contributed by atoms with Gasteiger partial charge in [-0.05, 0) is 38.1 Å². The van der Waals surface area contributed by atoms with Gasteiger partial charge in [-0.25, -0.2) is 4.98 Å². The zero-order chi connectivity index (χ0) is 16.6. The smallest absolute Gasteiger partial charge is 0.281 e. The molecule has 1 N–H and O–H groups in total. The number of hydrogen-bond acceptors (Lipinski definition) is 5. The number of fused-ring (bicyclic) bond motifs is 1. The molecule has 0 radical (unpaired) electrons. The van der Waals surface area contributed by atoms with Crippen molar-refractivity contribution < 1.29 is 18.7 Å². The number of hydrogen-bond donors (Lipinski definition) is 1. The maximum atomic E-state index is 12.5. The minimum Gasteiger partial charge on any atom is -0.465 e. The molecule has 3 rings (SSSR count). The molecule has 0 aromatic carbocycles. The maximum absolute atomic E-state index is 12.5. The third kappa shape index (κ3) is 2.54. The number of likely N-dealkylation sites (N-methyl/N-ethyl adjacent to an activating group) is 1. The molecule has 0 saturated heterocycles. The summed E-state index contributed by atoms with van der Waals surface area (Å²) in [6.07, 6.45) is 1.56. The van der Waals surface area contributed by atoms with Crippen molar-refractivity contribution in [2.45, 2.75) is 26.0 Å². The molecule has 0 saturated carbocycles. The minimum absolute atomic E-state index is 0.183. The number of anilines is 1. The number of pyridine rings is 1. The number of aryl methyl sites for hydroxylation is 1. The van der Waals surface area contributed by atoms with Crippen molar-refractivity contribution in [2.24, 2.45) is 0 Å². The first kappa shape index (κ1) is 15.1. The van der Waals surface area contributed by atoms with Crippen molar-refractivity contribution in [3.63, 3.8) is 0 Å². The Balaban J connectivity index is 1.80. The summed E-state index contributed by atoms with van der Waals surface area (Å²) < 4.78 is 11.1. The van der Waals surface area contributed by atoms with Gasteiger partial charge in [0.2, 0.25) is 0 Å². The lowest BCUT2D eigenvalue weighted by Crippen LogP contribution is -2.61. The lowest BCUT2D eigenvalue weighted by molar-refractivity contribution is -0.148. The molecule has 7 nitrogen and oxygen atoms in total. The van der Waals surface area contributed by atoms with Gasteiger partial charge >= 0.3 is 0 Å². The van der Waals surface area contributed by atoms with Gasteiger partial charge in [-0.15, -0.1) is 0 Å². The Hall–Kier alpha value is -2.83. The van der Waals surface area contributed by atoms with Gasteiger partial charge in [0.15, 0.2) is 11.6 Å². The van der Waals surface area contributed by atoms with Crippen molar-refractivity contribution in [1.29, 1.82) is 0 Å². The van der Waals surface area contributed by atoms with Gasteiger partial charge < -0.3 is 14.5 Å². The van der Waals surface area contributed by atoms with Crippen LogP contribution in [0.1, 0.15) is 18.4 Å². The van der Waals surface area contributed by atoms with Crippen LogP contribution in [-0.4, -0.2) is 29.4 Å². The monoisotopic (exact) mass is 315 g/mol. The lowest BCUT2D eigenvalue weighted by atomic mass is 10.0. The standard InChI is InChI=1S/C16H17N3O4/c1-10-6-7-11(22-10)9-18-14(20)16(2)15(21)19(3)13-12(23-16)5-4-8-17-13/h4-8H,9H2,1-3H3,(H,18,20)/t16-/m1/s1. The highest BCUT2D eigenvalue weighted by Crippen LogP contribution is 2.35. The number of furan rings is 1. The molecule has 3 heterocycles. The molecule has 2 aromatic rings. The molecule has 23 heavy (non-hydrogen) atoms. The fraction of sp³-hybridized carbons (Fsp3) is 0.312. The molecule has 0 unspecified atom stereocenters. The van der Waals surface area contributed by atoms with Crippen molar-refractivity contribution in [2.75, 3.05) is 11.9 Å². The number of amides is 2. The number of carbonyl (C=O) groups is 2. The van der Waals surface area contributed by atoms with Crippen LogP contribution in [-0.2, 0) is 16.1 Å². The Morgan fingerprint density at radius 2 is 2.17 bits per heavy atom. The molecule has 7 heteroatoms. The molecule has 2 amide bonds. The van der Waals surface area contributed by atoms with E-state index in [4.69, 9.17) is 9.15 Å². The average molecular weight is 315 g/mol. The Morgan fingerprint density at radius 1 is 1.39 bits per heavy atom. The predicted octanol–water partition coefficient (Wildman–Crippen LogP) is 1.41. The third-order valence-electron chi connectivity index (χ3n) is 3.75. The van der Waals surface area contributed by atoms with Gasteiger partial charge in [0.05, 0.1) is 6.54 Å². The van der Waals surface area contributed by atoms with Crippen LogP contribution >= 0.6 is 0 Å². The topological polar surface area (TPSA) is 84.7 Å². The normalized spacial score (nSPS) is 20.0. The number of ether oxygens (including phenoxy) is 1. The van der Waals surface area contributed by atoms with Crippen LogP contribution < -0.4 is 15.0 Å². The molecule has 2 aromatic heterocycles. The Labute approximate surface area is 133 Å². The second-order valence-corrected chi connectivity index (χ2v) is 5.52. The van der Waals surface area contributed by atoms with Gasteiger partial charge in [-0.1, -0.05) is 0 Å². The van der Waals surface area contributed by atoms with Gasteiger partial charge in [0.25, 0.3) is 17.4 Å². The van der Waals surface area contributed by atoms with E-state index in [9.17, 15) is 9.59 Å². The summed E-state index contributed by atoms with van der Waals surface area (Å²) in [5.41, 5.74) is -1.65. The first-order valence-corrected chi connectivity index (χ1v) is 7.17. The van der Waals surface area contributed by atoms with E-state index in [1.807, 2.05) is 6.92 Å². The number of carbonyl (C=O) groups excluding carboxylic acids is 2. The number of nitrogens with zero attached hydrogens (tertiary/aromatic N) is 2. The predicted molar refractivity (Wildman–Crippen MR) is 82.0 cm³/mol. The quantitative estimate of drug-likeness (QED) is 0.866. The molecule has 0 bridgehead atoms. The van der Waals surface area contributed by atoms with E-state index in [0.717, 1.165) is 5.76 Å². The Morgan fingerprint density at radius 3 is 2.87 bits per heavy atom. The number of rotatable bonds is 3. The average Bonchev–Trinajstić information content (AvgIpc) is 2.96. The SMILES string of the molecule is Cc1ccc(CNC(=O)[C@@]2(C)Oc3cccnc3N(C)C2=O)o1. The van der Waals surface area contributed by atoms with E-state index in [2.05, 4.69) is 10.3 Å². The van der Waals surface area contributed by atoms with Crippen LogP contribution in [0, 0.1) is 6.92 Å². The van der Waals surface area contributed by atoms with E-state index in [0.29, 0.717) is 17.3 Å². The van der Waals surface area contributed by atoms with Gasteiger partial charge in [0.1, 0.15) is 11.5 Å². The summed E-state index contributed by atoms with van der Waals surface area (Å²) in [6, 6.07) is 6.94. The van der Waals surface area contributed by atoms with Crippen molar-refractivity contribution in [3.8, 4) is 5.75 Å². The van der Waals surface area contributed by atoms with Crippen LogP contribution in [0.2, 0.25) is 0 Å². The minimum atomic E-state index is -1.65. The second kappa shape index (κ2) is 5.42. The first-order valence-electron chi connectivity index (χ1n) is 7.17. The van der Waals surface area contributed by atoms with E-state index in [1.54, 1.807) is 37.5 Å². The molecule has 1 aliphatic heterocycles. The second-order valence-electron chi connectivity index (χ2n) is 5.52.